The molecule has 7 heteroatoms. The molecular weight excluding hydrogens is 346 g/mol. The van der Waals surface area contributed by atoms with Crippen molar-refractivity contribution in [2.45, 2.75) is 31.8 Å². The lowest BCUT2D eigenvalue weighted by molar-refractivity contribution is -0.139. The Bertz CT molecular complexity index is 715. The molecule has 0 radical (unpaired) electrons. The number of halogens is 1. The number of hydrogen-bond donors (Lipinski definition) is 2. The molecule has 1 heterocycles. The number of nitrogens with one attached hydrogen (secondary N) is 1. The van der Waals surface area contributed by atoms with E-state index in [0.29, 0.717) is 17.1 Å². The van der Waals surface area contributed by atoms with Crippen LogP contribution in [0.1, 0.15) is 19.8 Å². The van der Waals surface area contributed by atoms with Crippen molar-refractivity contribution in [3.05, 3.63) is 34.7 Å². The number of carbonyl (C=O) groups is 1. The molecule has 2 aromatic rings. The number of aromatic nitrogens is 1. The Kier molecular flexibility index (Phi) is 5.38. The zero-order chi connectivity index (χ0) is 17.1. The standard InChI is InChI=1S/C17H20ClN3O2S/c1-2-21(9-16(22)23)12-7-11(8-12)19-17-20-15(10-24-17)13-5-3-4-6-14(13)18/h3-6,10-12H,2,7-9H2,1H3,(H,19,20)(H,22,23). The molecule has 0 spiro atoms. The summed E-state index contributed by atoms with van der Waals surface area (Å²) < 4.78 is 0. The summed E-state index contributed by atoms with van der Waals surface area (Å²) >= 11 is 7.78. The number of carboxylic acids is 1. The average Bonchev–Trinajstić information content (AvgIpc) is 2.97. The molecule has 5 nitrogen and oxygen atoms in total. The number of carboxylic acid groups (broad SMARTS) is 1. The molecule has 1 fully saturated rings. The van der Waals surface area contributed by atoms with E-state index < -0.39 is 5.97 Å². The van der Waals surface area contributed by atoms with Gasteiger partial charge in [0.15, 0.2) is 5.13 Å². The van der Waals surface area contributed by atoms with Crippen molar-refractivity contribution in [2.24, 2.45) is 0 Å². The van der Waals surface area contributed by atoms with Crippen LogP contribution in [-0.4, -0.2) is 46.1 Å². The van der Waals surface area contributed by atoms with Gasteiger partial charge in [0.05, 0.1) is 12.2 Å². The van der Waals surface area contributed by atoms with Crippen molar-refractivity contribution in [1.29, 1.82) is 0 Å². The van der Waals surface area contributed by atoms with Crippen LogP contribution < -0.4 is 5.32 Å². The van der Waals surface area contributed by atoms with Crippen LogP contribution >= 0.6 is 22.9 Å². The molecule has 1 aliphatic rings. The third-order valence-corrected chi connectivity index (χ3v) is 5.46. The average molecular weight is 366 g/mol. The van der Waals surface area contributed by atoms with E-state index in [1.807, 2.05) is 41.5 Å². The van der Waals surface area contributed by atoms with Gasteiger partial charge in [0.1, 0.15) is 0 Å². The van der Waals surface area contributed by atoms with Crippen LogP contribution in [0.3, 0.4) is 0 Å². The van der Waals surface area contributed by atoms with Gasteiger partial charge in [-0.2, -0.15) is 0 Å². The summed E-state index contributed by atoms with van der Waals surface area (Å²) in [6.45, 7) is 2.87. The highest BCUT2D eigenvalue weighted by Gasteiger charge is 2.34. The lowest BCUT2D eigenvalue weighted by atomic mass is 9.85. The first-order chi connectivity index (χ1) is 11.6. The van der Waals surface area contributed by atoms with Gasteiger partial charge in [-0.1, -0.05) is 36.7 Å². The molecule has 0 amide bonds. The van der Waals surface area contributed by atoms with Gasteiger partial charge in [-0.3, -0.25) is 9.69 Å². The summed E-state index contributed by atoms with van der Waals surface area (Å²) in [5, 5.41) is 16.0. The van der Waals surface area contributed by atoms with Gasteiger partial charge in [0.25, 0.3) is 0 Å². The predicted molar refractivity (Wildman–Crippen MR) is 97.9 cm³/mol. The SMILES string of the molecule is CCN(CC(=O)O)C1CC(Nc2nc(-c3ccccc3Cl)cs2)C1. The minimum atomic E-state index is -0.766. The van der Waals surface area contributed by atoms with Crippen molar-refractivity contribution in [3.8, 4) is 11.3 Å². The molecule has 128 valence electrons. The van der Waals surface area contributed by atoms with E-state index >= 15 is 0 Å². The van der Waals surface area contributed by atoms with E-state index in [-0.39, 0.29) is 6.54 Å². The Balaban J connectivity index is 1.56. The Morgan fingerprint density at radius 1 is 1.46 bits per heavy atom. The normalized spacial score (nSPS) is 20.0. The first-order valence-electron chi connectivity index (χ1n) is 7.99. The Morgan fingerprint density at radius 2 is 2.21 bits per heavy atom. The van der Waals surface area contributed by atoms with E-state index in [4.69, 9.17) is 16.7 Å². The molecule has 0 atom stereocenters. The fourth-order valence-electron chi connectivity index (χ4n) is 2.98. The maximum Gasteiger partial charge on any atom is 0.317 e. The molecule has 3 rings (SSSR count). The summed E-state index contributed by atoms with van der Waals surface area (Å²) in [5.41, 5.74) is 1.82. The predicted octanol–water partition coefficient (Wildman–Crippen LogP) is 3.81. The van der Waals surface area contributed by atoms with E-state index in [1.54, 1.807) is 11.3 Å². The first kappa shape index (κ1) is 17.2. The van der Waals surface area contributed by atoms with Gasteiger partial charge in [0, 0.05) is 28.0 Å². The molecule has 1 aromatic carbocycles. The summed E-state index contributed by atoms with van der Waals surface area (Å²) in [6.07, 6.45) is 1.89. The smallest absolute Gasteiger partial charge is 0.317 e. The van der Waals surface area contributed by atoms with Gasteiger partial charge in [0.2, 0.25) is 0 Å². The molecule has 1 aromatic heterocycles. The first-order valence-corrected chi connectivity index (χ1v) is 9.25. The van der Waals surface area contributed by atoms with Crippen molar-refractivity contribution in [1.82, 2.24) is 9.88 Å². The van der Waals surface area contributed by atoms with E-state index in [9.17, 15) is 4.79 Å². The van der Waals surface area contributed by atoms with E-state index in [1.165, 1.54) is 0 Å². The number of likely N-dealkylation sites (N-methyl/N-ethyl adjacent to an activating group) is 1. The van der Waals surface area contributed by atoms with Crippen LogP contribution in [-0.2, 0) is 4.79 Å². The second kappa shape index (κ2) is 7.51. The number of rotatable bonds is 7. The van der Waals surface area contributed by atoms with Crippen LogP contribution in [0.15, 0.2) is 29.6 Å². The van der Waals surface area contributed by atoms with Crippen molar-refractivity contribution in [3.63, 3.8) is 0 Å². The molecule has 0 bridgehead atoms. The maximum atomic E-state index is 10.9. The summed E-state index contributed by atoms with van der Waals surface area (Å²) in [4.78, 5) is 17.5. The number of hydrogen-bond acceptors (Lipinski definition) is 5. The zero-order valence-corrected chi connectivity index (χ0v) is 15.0. The quantitative estimate of drug-likeness (QED) is 0.781. The molecule has 1 aliphatic carbocycles. The number of thiazole rings is 1. The minimum Gasteiger partial charge on any atom is -0.480 e. The van der Waals surface area contributed by atoms with Crippen molar-refractivity contribution in [2.75, 3.05) is 18.4 Å². The van der Waals surface area contributed by atoms with Gasteiger partial charge in [-0.25, -0.2) is 4.98 Å². The van der Waals surface area contributed by atoms with Crippen molar-refractivity contribution < 1.29 is 9.90 Å². The Morgan fingerprint density at radius 3 is 2.88 bits per heavy atom. The fourth-order valence-corrected chi connectivity index (χ4v) is 4.01. The van der Waals surface area contributed by atoms with Crippen LogP contribution in [0, 0.1) is 0 Å². The maximum absolute atomic E-state index is 10.9. The molecule has 0 unspecified atom stereocenters. The molecule has 24 heavy (non-hydrogen) atoms. The largest absolute Gasteiger partial charge is 0.480 e. The second-order valence-corrected chi connectivity index (χ2v) is 7.21. The number of nitrogens with zero attached hydrogens (tertiary/aromatic N) is 2. The monoisotopic (exact) mass is 365 g/mol. The van der Waals surface area contributed by atoms with Crippen LogP contribution in [0.5, 0.6) is 0 Å². The van der Waals surface area contributed by atoms with Gasteiger partial charge < -0.3 is 10.4 Å². The second-order valence-electron chi connectivity index (χ2n) is 5.94. The van der Waals surface area contributed by atoms with Crippen LogP contribution in [0.4, 0.5) is 5.13 Å². The lowest BCUT2D eigenvalue weighted by Gasteiger charge is -2.42. The number of benzene rings is 1. The Labute approximate surface area is 150 Å². The molecule has 0 aliphatic heterocycles. The molecule has 0 saturated heterocycles. The molecule has 1 saturated carbocycles. The van der Waals surface area contributed by atoms with E-state index in [2.05, 4.69) is 10.3 Å². The highest BCUT2D eigenvalue weighted by Crippen LogP contribution is 2.33. The molecule has 2 N–H and O–H groups in total. The summed E-state index contributed by atoms with van der Waals surface area (Å²) in [5.74, 6) is -0.766. The van der Waals surface area contributed by atoms with Gasteiger partial charge in [-0.15, -0.1) is 11.3 Å². The van der Waals surface area contributed by atoms with Crippen molar-refractivity contribution >= 4 is 34.0 Å². The third kappa shape index (κ3) is 3.88. The lowest BCUT2D eigenvalue weighted by Crippen LogP contribution is -2.51. The third-order valence-electron chi connectivity index (χ3n) is 4.36. The molecular formula is C17H20ClN3O2S. The fraction of sp³-hybridized carbons (Fsp3) is 0.412. The zero-order valence-electron chi connectivity index (χ0n) is 13.4. The van der Waals surface area contributed by atoms with Gasteiger partial charge in [-0.05, 0) is 25.5 Å². The van der Waals surface area contributed by atoms with Gasteiger partial charge >= 0.3 is 5.97 Å². The van der Waals surface area contributed by atoms with E-state index in [0.717, 1.165) is 35.8 Å². The van der Waals surface area contributed by atoms with Crippen LogP contribution in [0.2, 0.25) is 5.02 Å². The highest BCUT2D eigenvalue weighted by atomic mass is 35.5. The summed E-state index contributed by atoms with van der Waals surface area (Å²) in [7, 11) is 0. The Hall–Kier alpha value is -1.63. The topological polar surface area (TPSA) is 65.5 Å². The minimum absolute atomic E-state index is 0.113. The highest BCUT2D eigenvalue weighted by molar-refractivity contribution is 7.14. The van der Waals surface area contributed by atoms with Crippen LogP contribution in [0.25, 0.3) is 11.3 Å². The number of aliphatic carboxylic acids is 1. The summed E-state index contributed by atoms with van der Waals surface area (Å²) in [6, 6.07) is 8.37. The number of anilines is 1.